The average molecular weight is 395 g/mol. The Balaban J connectivity index is 2.08. The van der Waals surface area contributed by atoms with Gasteiger partial charge in [0.05, 0.1) is 27.8 Å². The van der Waals surface area contributed by atoms with Crippen LogP contribution in [0.15, 0.2) is 16.6 Å². The van der Waals surface area contributed by atoms with Crippen molar-refractivity contribution < 1.29 is 27.2 Å². The van der Waals surface area contributed by atoms with Crippen molar-refractivity contribution in [2.45, 2.75) is 24.6 Å². The topological polar surface area (TPSA) is 49.4 Å². The molecule has 1 aromatic rings. The summed E-state index contributed by atoms with van der Waals surface area (Å²) >= 11 is 2.91. The lowest BCUT2D eigenvalue weighted by atomic mass is 10.0. The molecular weight excluding hydrogens is 384 g/mol. The number of benzene rings is 1. The molecule has 1 aliphatic heterocycles. The Bertz CT molecular complexity index is 701. The van der Waals surface area contributed by atoms with E-state index in [0.717, 1.165) is 12.1 Å². The molecule has 1 aromatic carbocycles. The zero-order valence-corrected chi connectivity index (χ0v) is 13.2. The quantitative estimate of drug-likeness (QED) is 0.619. The van der Waals surface area contributed by atoms with Gasteiger partial charge in [-0.15, -0.1) is 0 Å². The lowest BCUT2D eigenvalue weighted by molar-refractivity contribution is -0.121. The summed E-state index contributed by atoms with van der Waals surface area (Å²) < 4.78 is 52.7. The van der Waals surface area contributed by atoms with Crippen LogP contribution < -0.4 is 10.2 Å². The average Bonchev–Trinajstić information content (AvgIpc) is 3.17. The van der Waals surface area contributed by atoms with Crippen molar-refractivity contribution in [3.05, 3.63) is 28.0 Å². The largest absolute Gasteiger partial charge is 0.454 e. The number of Topliss-reactive ketones (excluding diaryl/α,β-unsaturated/α-hetero) is 1. The molecule has 0 bridgehead atoms. The van der Waals surface area contributed by atoms with Gasteiger partial charge in [-0.25, -0.2) is 4.39 Å². The van der Waals surface area contributed by atoms with Crippen molar-refractivity contribution in [2.75, 3.05) is 18.0 Å². The molecule has 0 atom stereocenters. The standard InChI is InChI=1S/C14H11BrF4N2O2/c15-8-2-1-7(12(23)14(17,18)19)11(10(8)16)21-5-9(22)20-13(6-21)3-4-13/h1-2H,3-6H2,(H,20,22). The van der Waals surface area contributed by atoms with Crippen LogP contribution >= 0.6 is 15.9 Å². The van der Waals surface area contributed by atoms with Gasteiger partial charge in [0.15, 0.2) is 5.82 Å². The maximum Gasteiger partial charge on any atom is 0.454 e. The van der Waals surface area contributed by atoms with E-state index in [0.29, 0.717) is 12.8 Å². The molecule has 1 saturated carbocycles. The number of amides is 1. The van der Waals surface area contributed by atoms with E-state index < -0.39 is 40.5 Å². The van der Waals surface area contributed by atoms with Crippen LogP contribution in [0.1, 0.15) is 23.2 Å². The highest BCUT2D eigenvalue weighted by atomic mass is 79.9. The van der Waals surface area contributed by atoms with E-state index in [-0.39, 0.29) is 17.6 Å². The van der Waals surface area contributed by atoms with Crippen LogP contribution in [0.25, 0.3) is 0 Å². The monoisotopic (exact) mass is 394 g/mol. The number of halogens is 5. The van der Waals surface area contributed by atoms with Crippen molar-refractivity contribution in [2.24, 2.45) is 0 Å². The third-order valence-electron chi connectivity index (χ3n) is 3.97. The fourth-order valence-corrected chi connectivity index (χ4v) is 3.07. The summed E-state index contributed by atoms with van der Waals surface area (Å²) in [5, 5.41) is 2.76. The summed E-state index contributed by atoms with van der Waals surface area (Å²) in [4.78, 5) is 24.6. The van der Waals surface area contributed by atoms with Gasteiger partial charge < -0.3 is 10.2 Å². The van der Waals surface area contributed by atoms with E-state index in [2.05, 4.69) is 21.2 Å². The Morgan fingerprint density at radius 2 is 1.96 bits per heavy atom. The third-order valence-corrected chi connectivity index (χ3v) is 4.59. The van der Waals surface area contributed by atoms with E-state index in [9.17, 15) is 27.2 Å². The lowest BCUT2D eigenvalue weighted by Gasteiger charge is -2.36. The van der Waals surface area contributed by atoms with Crippen molar-refractivity contribution in [3.63, 3.8) is 0 Å². The minimum absolute atomic E-state index is 0.0675. The molecule has 1 spiro atoms. The van der Waals surface area contributed by atoms with E-state index >= 15 is 0 Å². The number of carbonyl (C=O) groups is 2. The van der Waals surface area contributed by atoms with Crippen LogP contribution in [-0.2, 0) is 4.79 Å². The number of nitrogens with zero attached hydrogens (tertiary/aromatic N) is 1. The number of nitrogens with one attached hydrogen (secondary N) is 1. The van der Waals surface area contributed by atoms with Crippen LogP contribution in [0.4, 0.5) is 23.2 Å². The molecule has 0 unspecified atom stereocenters. The highest BCUT2D eigenvalue weighted by Gasteiger charge is 2.50. The molecule has 0 aromatic heterocycles. The molecule has 3 rings (SSSR count). The van der Waals surface area contributed by atoms with E-state index in [1.165, 1.54) is 4.90 Å². The first-order valence-electron chi connectivity index (χ1n) is 6.78. The van der Waals surface area contributed by atoms with Crippen molar-refractivity contribution >= 4 is 33.3 Å². The minimum atomic E-state index is -5.12. The maximum atomic E-state index is 14.5. The third kappa shape index (κ3) is 2.93. The van der Waals surface area contributed by atoms with Gasteiger partial charge in [-0.05, 0) is 40.9 Å². The molecule has 124 valence electrons. The van der Waals surface area contributed by atoms with Crippen molar-refractivity contribution in [1.82, 2.24) is 5.32 Å². The van der Waals surface area contributed by atoms with Gasteiger partial charge in [0.25, 0.3) is 5.78 Å². The first kappa shape index (κ1) is 16.2. The number of hydrogen-bond donors (Lipinski definition) is 1. The summed E-state index contributed by atoms with van der Waals surface area (Å²) in [6.45, 7) is -0.127. The van der Waals surface area contributed by atoms with Gasteiger partial charge in [0.2, 0.25) is 5.91 Å². The number of rotatable bonds is 2. The number of anilines is 1. The highest BCUT2D eigenvalue weighted by molar-refractivity contribution is 9.10. The van der Waals surface area contributed by atoms with Crippen LogP contribution in [-0.4, -0.2) is 36.5 Å². The summed E-state index contributed by atoms with van der Waals surface area (Å²) in [7, 11) is 0. The van der Waals surface area contributed by atoms with Gasteiger partial charge in [0, 0.05) is 6.54 Å². The Morgan fingerprint density at radius 3 is 2.52 bits per heavy atom. The Hall–Kier alpha value is -1.64. The Morgan fingerprint density at radius 1 is 1.30 bits per heavy atom. The summed E-state index contributed by atoms with van der Waals surface area (Å²) in [6, 6.07) is 1.97. The fourth-order valence-electron chi connectivity index (χ4n) is 2.75. The number of ketones is 1. The van der Waals surface area contributed by atoms with Gasteiger partial charge in [-0.2, -0.15) is 13.2 Å². The molecule has 1 saturated heterocycles. The van der Waals surface area contributed by atoms with Crippen molar-refractivity contribution in [3.8, 4) is 0 Å². The smallest absolute Gasteiger partial charge is 0.357 e. The predicted molar refractivity (Wildman–Crippen MR) is 76.8 cm³/mol. The highest BCUT2D eigenvalue weighted by Crippen LogP contribution is 2.41. The molecule has 1 N–H and O–H groups in total. The zero-order chi connectivity index (χ0) is 17.0. The van der Waals surface area contributed by atoms with Gasteiger partial charge in [0.1, 0.15) is 0 Å². The second kappa shape index (κ2) is 5.19. The normalized spacial score (nSPS) is 19.7. The number of piperazine rings is 1. The molecule has 2 aliphatic rings. The summed E-state index contributed by atoms with van der Waals surface area (Å²) in [5.41, 5.74) is -1.80. The summed E-state index contributed by atoms with van der Waals surface area (Å²) in [6.07, 6.45) is -3.77. The van der Waals surface area contributed by atoms with E-state index in [1.807, 2.05) is 0 Å². The van der Waals surface area contributed by atoms with Crippen LogP contribution in [0.3, 0.4) is 0 Å². The number of alkyl halides is 3. The molecule has 1 heterocycles. The second-order valence-electron chi connectivity index (χ2n) is 5.77. The molecule has 1 amide bonds. The zero-order valence-electron chi connectivity index (χ0n) is 11.6. The van der Waals surface area contributed by atoms with Gasteiger partial charge in [-0.1, -0.05) is 0 Å². The van der Waals surface area contributed by atoms with E-state index in [4.69, 9.17) is 0 Å². The second-order valence-corrected chi connectivity index (χ2v) is 6.62. The summed E-state index contributed by atoms with van der Waals surface area (Å²) in [5.74, 6) is -3.51. The molecule has 2 fully saturated rings. The van der Waals surface area contributed by atoms with Crippen LogP contribution in [0.2, 0.25) is 0 Å². The Kier molecular flexibility index (Phi) is 3.66. The fraction of sp³-hybridized carbons (Fsp3) is 0.429. The van der Waals surface area contributed by atoms with Gasteiger partial charge in [-0.3, -0.25) is 9.59 Å². The first-order valence-corrected chi connectivity index (χ1v) is 7.58. The molecule has 1 aliphatic carbocycles. The molecule has 0 radical (unpaired) electrons. The van der Waals surface area contributed by atoms with Crippen LogP contribution in [0, 0.1) is 5.82 Å². The number of carbonyl (C=O) groups excluding carboxylic acids is 2. The lowest BCUT2D eigenvalue weighted by Crippen LogP contribution is -2.56. The number of hydrogen-bond acceptors (Lipinski definition) is 3. The Labute approximate surface area is 137 Å². The molecule has 4 nitrogen and oxygen atoms in total. The van der Waals surface area contributed by atoms with Crippen molar-refractivity contribution in [1.29, 1.82) is 0 Å². The molecule has 23 heavy (non-hydrogen) atoms. The van der Waals surface area contributed by atoms with E-state index in [1.54, 1.807) is 0 Å². The predicted octanol–water partition coefficient (Wildman–Crippen LogP) is 2.80. The van der Waals surface area contributed by atoms with Crippen LogP contribution in [0.5, 0.6) is 0 Å². The molecule has 9 heteroatoms. The van der Waals surface area contributed by atoms with Gasteiger partial charge >= 0.3 is 6.18 Å². The SMILES string of the molecule is O=C1CN(c2c(C(=O)C(F)(F)F)ccc(Br)c2F)CC2(CC2)N1. The minimum Gasteiger partial charge on any atom is -0.357 e. The maximum absolute atomic E-state index is 14.5. The first-order chi connectivity index (χ1) is 10.6. The molecular formula is C14H11BrF4N2O2.